The molecule has 3 N–H and O–H groups in total. The number of thioether (sulfide) groups is 1. The van der Waals surface area contributed by atoms with E-state index in [9.17, 15) is 9.59 Å². The van der Waals surface area contributed by atoms with Gasteiger partial charge in [-0.25, -0.2) is 4.98 Å². The van der Waals surface area contributed by atoms with Gasteiger partial charge in [0, 0.05) is 23.2 Å². The molecule has 1 rings (SSSR count). The predicted octanol–water partition coefficient (Wildman–Crippen LogP) is 0.999. The van der Waals surface area contributed by atoms with Crippen LogP contribution in [-0.4, -0.2) is 28.3 Å². The van der Waals surface area contributed by atoms with Crippen LogP contribution in [0.2, 0.25) is 0 Å². The van der Waals surface area contributed by atoms with Crippen molar-refractivity contribution in [3.8, 4) is 0 Å². The van der Waals surface area contributed by atoms with Crippen LogP contribution in [-0.2, 0) is 9.59 Å². The van der Waals surface area contributed by atoms with Crippen molar-refractivity contribution in [3.05, 3.63) is 11.1 Å². The van der Waals surface area contributed by atoms with Gasteiger partial charge in [0.15, 0.2) is 5.13 Å². The average Bonchev–Trinajstić information content (AvgIpc) is 2.58. The smallest absolute Gasteiger partial charge is 0.227 e. The second-order valence-corrected chi connectivity index (χ2v) is 5.43. The van der Waals surface area contributed by atoms with Crippen LogP contribution in [0.15, 0.2) is 6.20 Å². The van der Waals surface area contributed by atoms with Gasteiger partial charge in [-0.15, -0.1) is 11.3 Å². The number of carbonyl (C=O) groups excluding carboxylic acids is 2. The van der Waals surface area contributed by atoms with Crippen LogP contribution in [0.25, 0.3) is 0 Å². The summed E-state index contributed by atoms with van der Waals surface area (Å²) >= 11 is 2.79. The Kier molecular flexibility index (Phi) is 5.27. The van der Waals surface area contributed by atoms with E-state index in [4.69, 9.17) is 5.73 Å². The van der Waals surface area contributed by atoms with Crippen LogP contribution in [0.5, 0.6) is 0 Å². The third-order valence-corrected chi connectivity index (χ3v) is 3.40. The summed E-state index contributed by atoms with van der Waals surface area (Å²) in [5.74, 6) is 0.384. The molecule has 0 aliphatic rings. The molecule has 0 saturated heterocycles. The summed E-state index contributed by atoms with van der Waals surface area (Å²) in [4.78, 5) is 26.9. The van der Waals surface area contributed by atoms with Gasteiger partial charge < -0.3 is 11.1 Å². The lowest BCUT2D eigenvalue weighted by molar-refractivity contribution is -0.116. The van der Waals surface area contributed by atoms with E-state index in [0.29, 0.717) is 17.3 Å². The number of aromatic nitrogens is 1. The van der Waals surface area contributed by atoms with Gasteiger partial charge in [-0.2, -0.15) is 11.8 Å². The summed E-state index contributed by atoms with van der Waals surface area (Å²) in [6.07, 6.45) is 2.07. The molecule has 1 heterocycles. The van der Waals surface area contributed by atoms with E-state index in [-0.39, 0.29) is 17.6 Å². The van der Waals surface area contributed by atoms with Crippen molar-refractivity contribution in [2.75, 3.05) is 16.8 Å². The molecule has 2 amide bonds. The summed E-state index contributed by atoms with van der Waals surface area (Å²) in [5.41, 5.74) is 4.97. The molecule has 88 valence electrons. The lowest BCUT2D eigenvalue weighted by atomic mass is 10.5. The van der Waals surface area contributed by atoms with Crippen molar-refractivity contribution in [1.82, 2.24) is 4.98 Å². The number of amides is 2. The van der Waals surface area contributed by atoms with Crippen molar-refractivity contribution in [2.24, 2.45) is 5.73 Å². The Labute approximate surface area is 102 Å². The van der Waals surface area contributed by atoms with Gasteiger partial charge >= 0.3 is 0 Å². The largest absolute Gasteiger partial charge is 0.369 e. The van der Waals surface area contributed by atoms with Crippen LogP contribution in [0, 0.1) is 6.92 Å². The molecule has 0 radical (unpaired) electrons. The highest BCUT2D eigenvalue weighted by atomic mass is 32.2. The molecule has 0 fully saturated rings. The van der Waals surface area contributed by atoms with Gasteiger partial charge in [0.25, 0.3) is 0 Å². The fourth-order valence-corrected chi connectivity index (χ4v) is 2.29. The highest BCUT2D eigenvalue weighted by molar-refractivity contribution is 7.99. The molecule has 0 unspecified atom stereocenters. The van der Waals surface area contributed by atoms with Crippen LogP contribution < -0.4 is 11.1 Å². The highest BCUT2D eigenvalue weighted by Crippen LogP contribution is 2.16. The minimum Gasteiger partial charge on any atom is -0.369 e. The second-order valence-electron chi connectivity index (χ2n) is 3.09. The summed E-state index contributed by atoms with van der Waals surface area (Å²) in [6.45, 7) is 1.93. The molecular formula is C9H13N3O2S2. The van der Waals surface area contributed by atoms with Crippen molar-refractivity contribution < 1.29 is 9.59 Å². The Hall–Kier alpha value is -1.08. The van der Waals surface area contributed by atoms with Gasteiger partial charge in [-0.3, -0.25) is 9.59 Å². The SMILES string of the molecule is Cc1cnc(NC(=O)CCSCC(N)=O)s1. The second kappa shape index (κ2) is 6.49. The molecule has 0 aliphatic carbocycles. The molecule has 1 aromatic rings. The Bertz CT molecular complexity index is 379. The van der Waals surface area contributed by atoms with Gasteiger partial charge in [-0.05, 0) is 6.92 Å². The van der Waals surface area contributed by atoms with Gasteiger partial charge in [0.2, 0.25) is 11.8 Å². The van der Waals surface area contributed by atoms with Crippen LogP contribution >= 0.6 is 23.1 Å². The summed E-state index contributed by atoms with van der Waals surface area (Å²) in [6, 6.07) is 0. The monoisotopic (exact) mass is 259 g/mol. The first kappa shape index (κ1) is 13.0. The standard InChI is InChI=1S/C9H13N3O2S2/c1-6-4-11-9(16-6)12-8(14)2-3-15-5-7(10)13/h4H,2-3,5H2,1H3,(H2,10,13)(H,11,12,14). The molecule has 0 aromatic carbocycles. The van der Waals surface area contributed by atoms with E-state index in [2.05, 4.69) is 10.3 Å². The van der Waals surface area contributed by atoms with E-state index in [1.165, 1.54) is 23.1 Å². The maximum atomic E-state index is 11.4. The van der Waals surface area contributed by atoms with Crippen molar-refractivity contribution >= 4 is 40.0 Å². The molecular weight excluding hydrogens is 246 g/mol. The summed E-state index contributed by atoms with van der Waals surface area (Å²) in [7, 11) is 0. The number of nitrogens with two attached hydrogens (primary N) is 1. The predicted molar refractivity (Wildman–Crippen MR) is 66.6 cm³/mol. The number of carbonyl (C=O) groups is 2. The van der Waals surface area contributed by atoms with E-state index in [1.807, 2.05) is 6.92 Å². The lowest BCUT2D eigenvalue weighted by Crippen LogP contribution is -2.15. The first-order valence-electron chi connectivity index (χ1n) is 4.66. The van der Waals surface area contributed by atoms with E-state index in [1.54, 1.807) is 6.20 Å². The van der Waals surface area contributed by atoms with Crippen LogP contribution in [0.3, 0.4) is 0 Å². The number of rotatable bonds is 6. The van der Waals surface area contributed by atoms with E-state index < -0.39 is 0 Å². The number of nitrogens with zero attached hydrogens (tertiary/aromatic N) is 1. The number of hydrogen-bond acceptors (Lipinski definition) is 5. The van der Waals surface area contributed by atoms with Crippen molar-refractivity contribution in [2.45, 2.75) is 13.3 Å². The Morgan fingerprint density at radius 3 is 2.94 bits per heavy atom. The maximum absolute atomic E-state index is 11.4. The van der Waals surface area contributed by atoms with Gasteiger partial charge in [0.05, 0.1) is 5.75 Å². The summed E-state index contributed by atoms with van der Waals surface area (Å²) < 4.78 is 0. The lowest BCUT2D eigenvalue weighted by Gasteiger charge is -2.00. The quantitative estimate of drug-likeness (QED) is 0.746. The van der Waals surface area contributed by atoms with E-state index in [0.717, 1.165) is 4.88 Å². The van der Waals surface area contributed by atoms with Crippen molar-refractivity contribution in [1.29, 1.82) is 0 Å². The molecule has 0 atom stereocenters. The number of primary amides is 1. The number of aryl methyl sites for hydroxylation is 1. The third kappa shape index (κ3) is 5.13. The van der Waals surface area contributed by atoms with Crippen LogP contribution in [0.1, 0.15) is 11.3 Å². The first-order chi connectivity index (χ1) is 7.58. The van der Waals surface area contributed by atoms with Crippen LogP contribution in [0.4, 0.5) is 5.13 Å². The van der Waals surface area contributed by atoms with Gasteiger partial charge in [0.1, 0.15) is 0 Å². The number of nitrogens with one attached hydrogen (secondary N) is 1. The Morgan fingerprint density at radius 2 is 2.38 bits per heavy atom. The maximum Gasteiger partial charge on any atom is 0.227 e. The highest BCUT2D eigenvalue weighted by Gasteiger charge is 2.05. The zero-order valence-electron chi connectivity index (χ0n) is 8.86. The minimum absolute atomic E-state index is 0.0914. The molecule has 16 heavy (non-hydrogen) atoms. The fraction of sp³-hybridized carbons (Fsp3) is 0.444. The molecule has 1 aromatic heterocycles. The minimum atomic E-state index is -0.360. The number of thiazole rings is 1. The molecule has 0 spiro atoms. The Morgan fingerprint density at radius 1 is 1.62 bits per heavy atom. The molecule has 5 nitrogen and oxygen atoms in total. The molecule has 0 saturated carbocycles. The van der Waals surface area contributed by atoms with Gasteiger partial charge in [-0.1, -0.05) is 0 Å². The normalized spacial score (nSPS) is 10.1. The number of hydrogen-bond donors (Lipinski definition) is 2. The number of anilines is 1. The Balaban J connectivity index is 2.18. The zero-order chi connectivity index (χ0) is 12.0. The topological polar surface area (TPSA) is 85.1 Å². The molecule has 7 heteroatoms. The van der Waals surface area contributed by atoms with E-state index >= 15 is 0 Å². The average molecular weight is 259 g/mol. The summed E-state index contributed by atoms with van der Waals surface area (Å²) in [5, 5.41) is 3.30. The molecule has 0 bridgehead atoms. The zero-order valence-corrected chi connectivity index (χ0v) is 10.5. The first-order valence-corrected chi connectivity index (χ1v) is 6.63. The van der Waals surface area contributed by atoms with Crippen molar-refractivity contribution in [3.63, 3.8) is 0 Å². The fourth-order valence-electron chi connectivity index (χ4n) is 0.932. The third-order valence-electron chi connectivity index (χ3n) is 1.59. The molecule has 0 aliphatic heterocycles.